The van der Waals surface area contributed by atoms with Gasteiger partial charge < -0.3 is 10.2 Å². The van der Waals surface area contributed by atoms with Gasteiger partial charge in [-0.3, -0.25) is 0 Å². The predicted molar refractivity (Wildman–Crippen MR) is 91.9 cm³/mol. The first-order valence-electron chi connectivity index (χ1n) is 8.46. The first-order valence-corrected chi connectivity index (χ1v) is 8.46. The number of aliphatic hydroxyl groups is 2. The van der Waals surface area contributed by atoms with Crippen molar-refractivity contribution in [1.29, 1.82) is 0 Å². The van der Waals surface area contributed by atoms with E-state index < -0.39 is 0 Å². The van der Waals surface area contributed by atoms with Crippen molar-refractivity contribution in [1.82, 2.24) is 0 Å². The topological polar surface area (TPSA) is 40.5 Å². The maximum atomic E-state index is 8.40. The van der Waals surface area contributed by atoms with Crippen LogP contribution in [-0.2, 0) is 0 Å². The molecular weight excluding hydrogens is 260 g/mol. The van der Waals surface area contributed by atoms with E-state index in [4.69, 9.17) is 10.2 Å². The van der Waals surface area contributed by atoms with Crippen LogP contribution in [0.4, 0.5) is 0 Å². The van der Waals surface area contributed by atoms with Crippen molar-refractivity contribution in [3.63, 3.8) is 0 Å². The van der Waals surface area contributed by atoms with Gasteiger partial charge in [0.1, 0.15) is 6.61 Å². The summed E-state index contributed by atoms with van der Waals surface area (Å²) in [6.07, 6.45) is 12.7. The highest BCUT2D eigenvalue weighted by Crippen LogP contribution is 2.01. The van der Waals surface area contributed by atoms with Crippen LogP contribution in [0.5, 0.6) is 0 Å². The molecule has 122 valence electrons. The van der Waals surface area contributed by atoms with Crippen LogP contribution < -0.4 is 0 Å². The first kappa shape index (κ1) is 22.3. The van der Waals surface area contributed by atoms with Gasteiger partial charge in [0.25, 0.3) is 0 Å². The molecule has 2 N–H and O–H groups in total. The Hall–Kier alpha value is -0.960. The molecule has 0 aromatic heterocycles. The average molecular weight is 294 g/mol. The molecule has 0 aliphatic rings. The molecule has 0 aliphatic heterocycles. The lowest BCUT2D eigenvalue weighted by atomic mass is 10.1. The zero-order chi connectivity index (χ0) is 16.0. The van der Waals surface area contributed by atoms with Crippen LogP contribution >= 0.6 is 0 Å². The maximum Gasteiger partial charge on any atom is 0.104 e. The van der Waals surface area contributed by atoms with Crippen LogP contribution in [0.3, 0.4) is 0 Å². The first-order chi connectivity index (χ1) is 10.3. The number of hydrogen-bond acceptors (Lipinski definition) is 2. The summed E-state index contributed by atoms with van der Waals surface area (Å²) < 4.78 is 0. The van der Waals surface area contributed by atoms with Crippen molar-refractivity contribution in [2.24, 2.45) is 0 Å². The number of aliphatic hydroxyl groups excluding tert-OH is 2. The molecule has 0 rings (SSSR count). The second kappa shape index (κ2) is 24.1. The molecule has 0 saturated heterocycles. The largest absolute Gasteiger partial charge is 0.395 e. The molecule has 0 unspecified atom stereocenters. The summed E-state index contributed by atoms with van der Waals surface area (Å²) in [7, 11) is 0. The van der Waals surface area contributed by atoms with Gasteiger partial charge in [-0.2, -0.15) is 0 Å². The zero-order valence-electron chi connectivity index (χ0n) is 14.1. The molecule has 0 aromatic carbocycles. The van der Waals surface area contributed by atoms with E-state index in [-0.39, 0.29) is 13.2 Å². The Bertz CT molecular complexity index is 288. The quantitative estimate of drug-likeness (QED) is 0.492. The van der Waals surface area contributed by atoms with Crippen molar-refractivity contribution >= 4 is 0 Å². The molecule has 2 heteroatoms. The van der Waals surface area contributed by atoms with Gasteiger partial charge in [0.15, 0.2) is 0 Å². The standard InChI is InChI=1S/C10H18O.C9H16O/c1-2-3-4-5-6-7-8-9-10-11;1-2-3-4-5-6-7-8-9-10/h11H,2-6,9-10H2,1H3;10H,2-6,9H2,1H3. The fourth-order valence-electron chi connectivity index (χ4n) is 1.66. The van der Waals surface area contributed by atoms with E-state index >= 15 is 0 Å². The minimum Gasteiger partial charge on any atom is -0.395 e. The van der Waals surface area contributed by atoms with Crippen LogP contribution in [0.2, 0.25) is 0 Å². The van der Waals surface area contributed by atoms with E-state index in [2.05, 4.69) is 37.5 Å². The normalized spacial score (nSPS) is 8.76. The summed E-state index contributed by atoms with van der Waals surface area (Å²) in [5, 5.41) is 16.7. The highest BCUT2D eigenvalue weighted by atomic mass is 16.3. The van der Waals surface area contributed by atoms with Crippen molar-refractivity contribution in [2.75, 3.05) is 13.2 Å². The van der Waals surface area contributed by atoms with E-state index in [1.165, 1.54) is 51.4 Å². The van der Waals surface area contributed by atoms with E-state index in [0.717, 1.165) is 12.8 Å². The third-order valence-electron chi connectivity index (χ3n) is 2.88. The van der Waals surface area contributed by atoms with Crippen LogP contribution in [0.1, 0.15) is 84.5 Å². The fourth-order valence-corrected chi connectivity index (χ4v) is 1.66. The average Bonchev–Trinajstić information content (AvgIpc) is 2.51. The van der Waals surface area contributed by atoms with Crippen molar-refractivity contribution in [2.45, 2.75) is 84.5 Å². The molecule has 0 bridgehead atoms. The molecule has 0 saturated carbocycles. The van der Waals surface area contributed by atoms with Gasteiger partial charge in [0.2, 0.25) is 0 Å². The Morgan fingerprint density at radius 3 is 1.48 bits per heavy atom. The second-order valence-corrected chi connectivity index (χ2v) is 4.96. The summed E-state index contributed by atoms with van der Waals surface area (Å²) in [5.74, 6) is 11.5. The van der Waals surface area contributed by atoms with Gasteiger partial charge in [0.05, 0.1) is 6.61 Å². The van der Waals surface area contributed by atoms with Gasteiger partial charge in [-0.25, -0.2) is 0 Å². The van der Waals surface area contributed by atoms with Crippen molar-refractivity contribution < 1.29 is 10.2 Å². The van der Waals surface area contributed by atoms with Crippen LogP contribution in [-0.4, -0.2) is 23.4 Å². The van der Waals surface area contributed by atoms with Crippen LogP contribution in [0, 0.1) is 23.7 Å². The lowest BCUT2D eigenvalue weighted by Crippen LogP contribution is -1.77. The summed E-state index contributed by atoms with van der Waals surface area (Å²) in [6, 6.07) is 0. The maximum absolute atomic E-state index is 8.40. The van der Waals surface area contributed by atoms with Crippen molar-refractivity contribution in [3.05, 3.63) is 0 Å². The predicted octanol–water partition coefficient (Wildman–Crippen LogP) is 4.30. The molecule has 0 radical (unpaired) electrons. The molecule has 0 heterocycles. The van der Waals surface area contributed by atoms with Gasteiger partial charge in [0, 0.05) is 19.3 Å². The van der Waals surface area contributed by atoms with Gasteiger partial charge in [-0.05, 0) is 12.8 Å². The van der Waals surface area contributed by atoms with E-state index in [9.17, 15) is 0 Å². The number of hydrogen-bond donors (Lipinski definition) is 2. The van der Waals surface area contributed by atoms with E-state index in [0.29, 0.717) is 6.42 Å². The molecule has 21 heavy (non-hydrogen) atoms. The lowest BCUT2D eigenvalue weighted by Gasteiger charge is -1.91. The molecule has 0 amide bonds. The number of rotatable bonds is 9. The van der Waals surface area contributed by atoms with E-state index in [1.807, 2.05) is 0 Å². The number of unbranched alkanes of at least 4 members (excludes halogenated alkanes) is 8. The summed E-state index contributed by atoms with van der Waals surface area (Å²) >= 11 is 0. The minimum atomic E-state index is 0.00772. The summed E-state index contributed by atoms with van der Waals surface area (Å²) in [6.45, 7) is 4.60. The van der Waals surface area contributed by atoms with Crippen LogP contribution in [0.15, 0.2) is 0 Å². The highest BCUT2D eigenvalue weighted by Gasteiger charge is 1.83. The molecule has 0 spiro atoms. The zero-order valence-corrected chi connectivity index (χ0v) is 14.1. The minimum absolute atomic E-state index is 0.00772. The molecule has 0 atom stereocenters. The van der Waals surface area contributed by atoms with Gasteiger partial charge >= 0.3 is 0 Å². The van der Waals surface area contributed by atoms with Crippen molar-refractivity contribution in [3.8, 4) is 23.7 Å². The summed E-state index contributed by atoms with van der Waals surface area (Å²) in [5.41, 5.74) is 0. The Morgan fingerprint density at radius 2 is 1.05 bits per heavy atom. The second-order valence-electron chi connectivity index (χ2n) is 4.96. The SMILES string of the molecule is CCCCCCC#CCCO.CCCCCCC#CCO. The summed E-state index contributed by atoms with van der Waals surface area (Å²) in [4.78, 5) is 0. The Morgan fingerprint density at radius 1 is 0.571 bits per heavy atom. The third kappa shape index (κ3) is 28.0. The van der Waals surface area contributed by atoms with Gasteiger partial charge in [-0.1, -0.05) is 58.3 Å². The van der Waals surface area contributed by atoms with Gasteiger partial charge in [-0.15, -0.1) is 17.8 Å². The smallest absolute Gasteiger partial charge is 0.104 e. The highest BCUT2D eigenvalue weighted by molar-refractivity contribution is 4.98. The molecule has 0 fully saturated rings. The monoisotopic (exact) mass is 294 g/mol. The molecule has 2 nitrogen and oxygen atoms in total. The molecule has 0 aliphatic carbocycles. The lowest BCUT2D eigenvalue weighted by molar-refractivity contribution is 0.305. The fraction of sp³-hybridized carbons (Fsp3) is 0.789. The molecule has 0 aromatic rings. The van der Waals surface area contributed by atoms with E-state index in [1.54, 1.807) is 0 Å². The Kier molecular flexibility index (Phi) is 25.6. The third-order valence-corrected chi connectivity index (χ3v) is 2.88. The Labute approximate surface area is 132 Å². The Balaban J connectivity index is 0. The van der Waals surface area contributed by atoms with Crippen LogP contribution in [0.25, 0.3) is 0 Å². The molecular formula is C19H34O2.